The molecule has 172 valence electrons. The van der Waals surface area contributed by atoms with Crippen LogP contribution in [0.25, 0.3) is 0 Å². The zero-order chi connectivity index (χ0) is 23.3. The summed E-state index contributed by atoms with van der Waals surface area (Å²) in [4.78, 5) is 55.8. The SMILES string of the molecule is CCCCN(C(=O)c1cccc(CN2CCCC2=O)c1)c1c(N)n(CCC)c(=O)[nH]c1=O. The highest BCUT2D eigenvalue weighted by molar-refractivity contribution is 6.07. The number of amides is 2. The molecule has 0 spiro atoms. The lowest BCUT2D eigenvalue weighted by molar-refractivity contribution is -0.128. The Morgan fingerprint density at radius 2 is 1.97 bits per heavy atom. The molecule has 2 amide bonds. The number of carbonyl (C=O) groups is 2. The molecule has 0 bridgehead atoms. The Bertz CT molecular complexity index is 1100. The normalized spacial score (nSPS) is 13.6. The number of nitrogens with two attached hydrogens (primary N) is 1. The first-order chi connectivity index (χ1) is 15.4. The maximum atomic E-state index is 13.5. The van der Waals surface area contributed by atoms with Crippen LogP contribution in [0.1, 0.15) is 61.9 Å². The number of anilines is 2. The number of benzene rings is 1. The van der Waals surface area contributed by atoms with E-state index in [0.29, 0.717) is 51.0 Å². The number of aromatic nitrogens is 2. The number of nitrogens with zero attached hydrogens (tertiary/aromatic N) is 3. The van der Waals surface area contributed by atoms with E-state index in [2.05, 4.69) is 4.98 Å². The number of H-pyrrole nitrogens is 1. The van der Waals surface area contributed by atoms with Crippen molar-refractivity contribution in [3.05, 3.63) is 56.2 Å². The predicted octanol–water partition coefficient (Wildman–Crippen LogP) is 2.10. The molecular weight excluding hydrogens is 410 g/mol. The van der Waals surface area contributed by atoms with Gasteiger partial charge in [-0.2, -0.15) is 0 Å². The Balaban J connectivity index is 1.98. The van der Waals surface area contributed by atoms with E-state index in [0.717, 1.165) is 18.4 Å². The molecule has 0 aliphatic carbocycles. The first-order valence-electron chi connectivity index (χ1n) is 11.2. The predicted molar refractivity (Wildman–Crippen MR) is 124 cm³/mol. The molecule has 1 aromatic carbocycles. The number of hydrogen-bond donors (Lipinski definition) is 2. The summed E-state index contributed by atoms with van der Waals surface area (Å²) in [5.41, 5.74) is 6.20. The molecule has 1 aromatic heterocycles. The fourth-order valence-electron chi connectivity index (χ4n) is 3.97. The van der Waals surface area contributed by atoms with Crippen LogP contribution in [-0.4, -0.2) is 39.4 Å². The molecule has 1 aliphatic heterocycles. The summed E-state index contributed by atoms with van der Waals surface area (Å²) in [5.74, 6) is -0.264. The second-order valence-electron chi connectivity index (χ2n) is 8.07. The summed E-state index contributed by atoms with van der Waals surface area (Å²) < 4.78 is 1.29. The largest absolute Gasteiger partial charge is 0.383 e. The van der Waals surface area contributed by atoms with Crippen LogP contribution in [0, 0.1) is 0 Å². The van der Waals surface area contributed by atoms with Crippen LogP contribution in [0.5, 0.6) is 0 Å². The fourth-order valence-corrected chi connectivity index (χ4v) is 3.97. The Morgan fingerprint density at radius 3 is 2.62 bits per heavy atom. The average Bonchev–Trinajstić information content (AvgIpc) is 3.17. The minimum Gasteiger partial charge on any atom is -0.383 e. The van der Waals surface area contributed by atoms with Crippen molar-refractivity contribution in [1.29, 1.82) is 0 Å². The molecule has 1 fully saturated rings. The highest BCUT2D eigenvalue weighted by Crippen LogP contribution is 2.22. The summed E-state index contributed by atoms with van der Waals surface area (Å²) >= 11 is 0. The third-order valence-corrected chi connectivity index (χ3v) is 5.63. The summed E-state index contributed by atoms with van der Waals surface area (Å²) in [6, 6.07) is 7.08. The maximum Gasteiger partial charge on any atom is 0.330 e. The van der Waals surface area contributed by atoms with E-state index >= 15 is 0 Å². The number of aromatic amines is 1. The van der Waals surface area contributed by atoms with Crippen molar-refractivity contribution in [1.82, 2.24) is 14.5 Å². The van der Waals surface area contributed by atoms with Gasteiger partial charge in [-0.3, -0.25) is 23.9 Å². The van der Waals surface area contributed by atoms with Crippen molar-refractivity contribution in [3.8, 4) is 0 Å². The number of carbonyl (C=O) groups excluding carboxylic acids is 2. The third kappa shape index (κ3) is 4.92. The van der Waals surface area contributed by atoms with E-state index in [1.165, 1.54) is 9.47 Å². The number of likely N-dealkylation sites (tertiary alicyclic amines) is 1. The van der Waals surface area contributed by atoms with Gasteiger partial charge in [0.2, 0.25) is 5.91 Å². The molecule has 0 atom stereocenters. The van der Waals surface area contributed by atoms with Crippen LogP contribution < -0.4 is 21.9 Å². The van der Waals surface area contributed by atoms with Gasteiger partial charge in [0, 0.05) is 38.2 Å². The lowest BCUT2D eigenvalue weighted by atomic mass is 10.1. The van der Waals surface area contributed by atoms with Gasteiger partial charge in [0.25, 0.3) is 11.5 Å². The van der Waals surface area contributed by atoms with E-state index in [1.54, 1.807) is 23.1 Å². The van der Waals surface area contributed by atoms with Gasteiger partial charge in [0.05, 0.1) is 0 Å². The van der Waals surface area contributed by atoms with Crippen molar-refractivity contribution < 1.29 is 9.59 Å². The van der Waals surface area contributed by atoms with E-state index in [1.807, 2.05) is 19.9 Å². The molecule has 9 nitrogen and oxygen atoms in total. The average molecular weight is 442 g/mol. The number of nitrogens with one attached hydrogen (secondary N) is 1. The zero-order valence-electron chi connectivity index (χ0n) is 18.7. The van der Waals surface area contributed by atoms with Gasteiger partial charge in [-0.15, -0.1) is 0 Å². The number of unbranched alkanes of at least 4 members (excludes halogenated alkanes) is 1. The molecule has 0 saturated carbocycles. The van der Waals surface area contributed by atoms with Crippen molar-refractivity contribution in [2.45, 2.75) is 59.0 Å². The first-order valence-corrected chi connectivity index (χ1v) is 11.2. The minimum atomic E-state index is -0.678. The first kappa shape index (κ1) is 23.3. The monoisotopic (exact) mass is 441 g/mol. The van der Waals surface area contributed by atoms with E-state index in [4.69, 9.17) is 5.73 Å². The molecule has 3 N–H and O–H groups in total. The highest BCUT2D eigenvalue weighted by Gasteiger charge is 2.26. The molecule has 2 aromatic rings. The van der Waals surface area contributed by atoms with E-state index in [-0.39, 0.29) is 23.3 Å². The van der Waals surface area contributed by atoms with Crippen LogP contribution in [0.4, 0.5) is 11.5 Å². The molecule has 1 aliphatic rings. The molecule has 0 radical (unpaired) electrons. The van der Waals surface area contributed by atoms with Crippen LogP contribution in [0.3, 0.4) is 0 Å². The van der Waals surface area contributed by atoms with E-state index < -0.39 is 11.2 Å². The van der Waals surface area contributed by atoms with E-state index in [9.17, 15) is 19.2 Å². The van der Waals surface area contributed by atoms with Gasteiger partial charge >= 0.3 is 5.69 Å². The smallest absolute Gasteiger partial charge is 0.330 e. The number of nitrogen functional groups attached to an aromatic ring is 1. The van der Waals surface area contributed by atoms with Gasteiger partial charge in [0.15, 0.2) is 5.69 Å². The van der Waals surface area contributed by atoms with Crippen molar-refractivity contribution in [3.63, 3.8) is 0 Å². The van der Waals surface area contributed by atoms with Crippen molar-refractivity contribution >= 4 is 23.3 Å². The summed E-state index contributed by atoms with van der Waals surface area (Å²) in [7, 11) is 0. The number of rotatable bonds is 9. The third-order valence-electron chi connectivity index (χ3n) is 5.63. The summed E-state index contributed by atoms with van der Waals surface area (Å²) in [5, 5.41) is 0. The Morgan fingerprint density at radius 1 is 1.19 bits per heavy atom. The molecule has 2 heterocycles. The minimum absolute atomic E-state index is 0.00313. The Labute approximate surface area is 186 Å². The van der Waals surface area contributed by atoms with Crippen molar-refractivity contribution in [2.75, 3.05) is 23.7 Å². The fraction of sp³-hybridized carbons (Fsp3) is 0.478. The van der Waals surface area contributed by atoms with Gasteiger partial charge in [-0.05, 0) is 37.0 Å². The molecule has 1 saturated heterocycles. The Hall–Kier alpha value is -3.36. The standard InChI is InChI=1S/C23H31N5O4/c1-3-5-13-27(19-20(24)28(11-4-2)23(32)25-21(19)30)22(31)17-9-6-8-16(14-17)15-26-12-7-10-18(26)29/h6,8-9,14H,3-5,7,10-13,15,24H2,1-2H3,(H,25,30,32). The van der Waals surface area contributed by atoms with Crippen molar-refractivity contribution in [2.24, 2.45) is 0 Å². The van der Waals surface area contributed by atoms with Crippen LogP contribution >= 0.6 is 0 Å². The topological polar surface area (TPSA) is 121 Å². The second kappa shape index (κ2) is 10.3. The molecular formula is C23H31N5O4. The molecule has 0 unspecified atom stereocenters. The molecule has 3 rings (SSSR count). The Kier molecular flexibility index (Phi) is 7.50. The van der Waals surface area contributed by atoms with Crippen LogP contribution in [-0.2, 0) is 17.9 Å². The summed E-state index contributed by atoms with van der Waals surface area (Å²) in [6.45, 7) is 5.67. The van der Waals surface area contributed by atoms with Gasteiger partial charge < -0.3 is 15.5 Å². The zero-order valence-corrected chi connectivity index (χ0v) is 18.7. The lowest BCUT2D eigenvalue weighted by Gasteiger charge is -2.25. The second-order valence-corrected chi connectivity index (χ2v) is 8.07. The van der Waals surface area contributed by atoms with Crippen LogP contribution in [0.2, 0.25) is 0 Å². The lowest BCUT2D eigenvalue weighted by Crippen LogP contribution is -2.41. The quantitative estimate of drug-likeness (QED) is 0.617. The molecule has 9 heteroatoms. The van der Waals surface area contributed by atoms with Crippen LogP contribution in [0.15, 0.2) is 33.9 Å². The number of hydrogen-bond acceptors (Lipinski definition) is 5. The maximum absolute atomic E-state index is 13.5. The molecule has 32 heavy (non-hydrogen) atoms. The van der Waals surface area contributed by atoms with Gasteiger partial charge in [-0.1, -0.05) is 32.4 Å². The van der Waals surface area contributed by atoms with Gasteiger partial charge in [0.1, 0.15) is 5.82 Å². The highest BCUT2D eigenvalue weighted by atomic mass is 16.2. The van der Waals surface area contributed by atoms with Gasteiger partial charge in [-0.25, -0.2) is 4.79 Å². The summed E-state index contributed by atoms with van der Waals surface area (Å²) in [6.07, 6.45) is 3.53.